The highest BCUT2D eigenvalue weighted by Gasteiger charge is 2.25. The molecule has 0 bridgehead atoms. The van der Waals surface area contributed by atoms with Crippen molar-refractivity contribution in [2.45, 2.75) is 11.2 Å². The van der Waals surface area contributed by atoms with E-state index in [2.05, 4.69) is 0 Å². The number of rotatable bonds is 5. The standard InChI is InChI=1S/C10H14Cl2O2S/c1-13-10(14-2)8-15(11,12)9-6-4-3-5-7-9/h3-7,10H,8H2,1-2H3. The smallest absolute Gasteiger partial charge is 0.166 e. The highest BCUT2D eigenvalue weighted by molar-refractivity contribution is 8.66. The van der Waals surface area contributed by atoms with Crippen molar-refractivity contribution in [1.29, 1.82) is 0 Å². The topological polar surface area (TPSA) is 18.5 Å². The van der Waals surface area contributed by atoms with Crippen molar-refractivity contribution in [3.63, 3.8) is 0 Å². The molecule has 0 radical (unpaired) electrons. The van der Waals surface area contributed by atoms with Gasteiger partial charge in [-0.1, -0.05) is 26.7 Å². The minimum absolute atomic E-state index is 0.366. The Morgan fingerprint density at radius 3 is 2.13 bits per heavy atom. The Morgan fingerprint density at radius 1 is 1.13 bits per heavy atom. The van der Waals surface area contributed by atoms with Gasteiger partial charge in [0.1, 0.15) is 0 Å². The average Bonchev–Trinajstić information content (AvgIpc) is 2.27. The van der Waals surface area contributed by atoms with Crippen LogP contribution in [0, 0.1) is 0 Å². The molecule has 1 aromatic rings. The SMILES string of the molecule is COC(CS(Cl)(Cl)c1ccccc1)OC. The molecule has 0 aliphatic carbocycles. The van der Waals surface area contributed by atoms with Crippen LogP contribution in [0.2, 0.25) is 0 Å². The van der Waals surface area contributed by atoms with Crippen molar-refractivity contribution in [2.75, 3.05) is 20.0 Å². The van der Waals surface area contributed by atoms with E-state index in [1.807, 2.05) is 30.3 Å². The molecule has 15 heavy (non-hydrogen) atoms. The van der Waals surface area contributed by atoms with Crippen LogP contribution >= 0.6 is 29.8 Å². The first-order valence-electron chi connectivity index (χ1n) is 4.41. The number of methoxy groups -OCH3 is 2. The van der Waals surface area contributed by atoms with Gasteiger partial charge in [-0.25, -0.2) is 0 Å². The maximum atomic E-state index is 6.30. The van der Waals surface area contributed by atoms with E-state index in [1.165, 1.54) is 0 Å². The predicted octanol–water partition coefficient (Wildman–Crippen LogP) is 3.78. The first-order valence-corrected chi connectivity index (χ1v) is 7.86. The number of halogens is 2. The van der Waals surface area contributed by atoms with Crippen LogP contribution in [0.1, 0.15) is 0 Å². The summed E-state index contributed by atoms with van der Waals surface area (Å²) in [7, 11) is 13.9. The molecule has 1 rings (SSSR count). The third-order valence-electron chi connectivity index (χ3n) is 1.96. The fourth-order valence-electron chi connectivity index (χ4n) is 1.12. The van der Waals surface area contributed by atoms with Crippen LogP contribution in [-0.2, 0) is 9.47 Å². The Hall–Kier alpha value is 0.0700. The molecule has 0 heterocycles. The molecule has 0 unspecified atom stereocenters. The third kappa shape index (κ3) is 3.85. The maximum absolute atomic E-state index is 6.30. The lowest BCUT2D eigenvalue weighted by Crippen LogP contribution is -2.19. The molecular weight excluding hydrogens is 255 g/mol. The Labute approximate surface area is 101 Å². The summed E-state index contributed by atoms with van der Waals surface area (Å²) in [5.74, 6) is 0.465. The van der Waals surface area contributed by atoms with Crippen molar-refractivity contribution >= 4 is 29.8 Å². The lowest BCUT2D eigenvalue weighted by atomic mass is 10.4. The van der Waals surface area contributed by atoms with Crippen LogP contribution in [0.4, 0.5) is 0 Å². The molecule has 1 aromatic carbocycles. The Bertz CT molecular complexity index is 289. The molecule has 0 saturated carbocycles. The second-order valence-electron chi connectivity index (χ2n) is 2.96. The number of hydrogen-bond donors (Lipinski definition) is 0. The highest BCUT2D eigenvalue weighted by atomic mass is 36.0. The van der Waals surface area contributed by atoms with Gasteiger partial charge < -0.3 is 9.47 Å². The molecule has 0 amide bonds. The zero-order valence-corrected chi connectivity index (χ0v) is 11.0. The van der Waals surface area contributed by atoms with E-state index in [-0.39, 0.29) is 6.29 Å². The predicted molar refractivity (Wildman–Crippen MR) is 66.7 cm³/mol. The van der Waals surface area contributed by atoms with Crippen molar-refractivity contribution in [1.82, 2.24) is 0 Å². The molecule has 0 aliphatic heterocycles. The van der Waals surface area contributed by atoms with Gasteiger partial charge in [-0.2, -0.15) is 0 Å². The van der Waals surface area contributed by atoms with Gasteiger partial charge in [-0.05, 0) is 33.5 Å². The van der Waals surface area contributed by atoms with E-state index in [0.29, 0.717) is 5.75 Å². The Balaban J connectivity index is 2.74. The van der Waals surface area contributed by atoms with Crippen LogP contribution in [-0.4, -0.2) is 26.3 Å². The summed E-state index contributed by atoms with van der Waals surface area (Å²) >= 11 is 0. The van der Waals surface area contributed by atoms with Gasteiger partial charge in [0.05, 0.1) is 5.75 Å². The molecule has 0 aliphatic rings. The van der Waals surface area contributed by atoms with Crippen LogP contribution in [0.25, 0.3) is 0 Å². The summed E-state index contributed by atoms with van der Waals surface area (Å²) in [6, 6.07) is 9.58. The zero-order chi connectivity index (χ0) is 11.3. The first kappa shape index (κ1) is 13.1. The van der Waals surface area contributed by atoms with Crippen LogP contribution in [0.5, 0.6) is 0 Å². The monoisotopic (exact) mass is 268 g/mol. The summed E-state index contributed by atoms with van der Waals surface area (Å²) in [4.78, 5) is 0.924. The fraction of sp³-hybridized carbons (Fsp3) is 0.400. The lowest BCUT2D eigenvalue weighted by Gasteiger charge is -2.28. The van der Waals surface area contributed by atoms with E-state index in [1.54, 1.807) is 14.2 Å². The minimum atomic E-state index is -1.89. The van der Waals surface area contributed by atoms with Crippen LogP contribution in [0.15, 0.2) is 35.2 Å². The van der Waals surface area contributed by atoms with Crippen molar-refractivity contribution < 1.29 is 9.47 Å². The van der Waals surface area contributed by atoms with Gasteiger partial charge in [0.15, 0.2) is 6.29 Å². The van der Waals surface area contributed by atoms with Crippen molar-refractivity contribution in [2.24, 2.45) is 0 Å². The van der Waals surface area contributed by atoms with E-state index in [4.69, 9.17) is 30.8 Å². The molecule has 0 spiro atoms. The molecule has 5 heteroatoms. The average molecular weight is 269 g/mol. The summed E-state index contributed by atoms with van der Waals surface area (Å²) in [6.07, 6.45) is -0.366. The van der Waals surface area contributed by atoms with E-state index in [9.17, 15) is 0 Å². The lowest BCUT2D eigenvalue weighted by molar-refractivity contribution is -0.0844. The fourth-order valence-corrected chi connectivity index (χ4v) is 3.72. The number of hydrogen-bond acceptors (Lipinski definition) is 2. The molecule has 0 aromatic heterocycles. The third-order valence-corrected chi connectivity index (χ3v) is 5.44. The maximum Gasteiger partial charge on any atom is 0.166 e. The Kier molecular flexibility index (Phi) is 5.23. The van der Waals surface area contributed by atoms with Gasteiger partial charge in [-0.3, -0.25) is 0 Å². The molecule has 2 nitrogen and oxygen atoms in total. The van der Waals surface area contributed by atoms with Gasteiger partial charge in [0.2, 0.25) is 0 Å². The van der Waals surface area contributed by atoms with Crippen LogP contribution in [0.3, 0.4) is 0 Å². The summed E-state index contributed by atoms with van der Waals surface area (Å²) in [6.45, 7) is 0. The molecule has 86 valence electrons. The van der Waals surface area contributed by atoms with Crippen molar-refractivity contribution in [3.8, 4) is 0 Å². The normalized spacial score (nSPS) is 13.1. The van der Waals surface area contributed by atoms with Gasteiger partial charge in [-0.15, -0.1) is 0 Å². The second kappa shape index (κ2) is 5.97. The van der Waals surface area contributed by atoms with E-state index >= 15 is 0 Å². The minimum Gasteiger partial charge on any atom is -0.355 e. The first-order chi connectivity index (χ1) is 7.10. The van der Waals surface area contributed by atoms with Crippen LogP contribution < -0.4 is 0 Å². The van der Waals surface area contributed by atoms with Crippen molar-refractivity contribution in [3.05, 3.63) is 30.3 Å². The summed E-state index contributed by atoms with van der Waals surface area (Å²) in [5, 5.41) is 0. The van der Waals surface area contributed by atoms with Gasteiger partial charge in [0.25, 0.3) is 0 Å². The highest BCUT2D eigenvalue weighted by Crippen LogP contribution is 2.65. The molecule has 0 N–H and O–H groups in total. The van der Waals surface area contributed by atoms with Gasteiger partial charge in [0, 0.05) is 19.1 Å². The summed E-state index contributed by atoms with van der Waals surface area (Å²) in [5.41, 5.74) is 0. The molecule has 0 atom stereocenters. The molecule has 0 saturated heterocycles. The largest absolute Gasteiger partial charge is 0.355 e. The van der Waals surface area contributed by atoms with E-state index in [0.717, 1.165) is 4.90 Å². The van der Waals surface area contributed by atoms with E-state index < -0.39 is 8.46 Å². The zero-order valence-electron chi connectivity index (χ0n) is 8.65. The number of ether oxygens (including phenoxy) is 2. The van der Waals surface area contributed by atoms with Gasteiger partial charge >= 0.3 is 0 Å². The Morgan fingerprint density at radius 2 is 1.67 bits per heavy atom. The number of benzene rings is 1. The molecular formula is C10H14Cl2O2S. The quantitative estimate of drug-likeness (QED) is 0.757. The second-order valence-corrected chi connectivity index (χ2v) is 8.55. The molecule has 0 fully saturated rings. The summed E-state index contributed by atoms with van der Waals surface area (Å²) < 4.78 is 10.2.